The molecule has 8 atom stereocenters. The minimum Gasteiger partial charge on any atom is -0.469 e. The van der Waals surface area contributed by atoms with E-state index < -0.39 is 16.2 Å². The average molecular weight is 522 g/mol. The zero-order valence-corrected chi connectivity index (χ0v) is 24.1. The molecule has 0 saturated heterocycles. The van der Waals surface area contributed by atoms with Crippen molar-refractivity contribution in [1.29, 1.82) is 5.26 Å². The van der Waals surface area contributed by atoms with Crippen molar-refractivity contribution in [3.05, 3.63) is 23.3 Å². The van der Waals surface area contributed by atoms with Crippen molar-refractivity contribution < 1.29 is 24.2 Å². The molecule has 38 heavy (non-hydrogen) atoms. The van der Waals surface area contributed by atoms with Crippen LogP contribution in [0.4, 0.5) is 0 Å². The van der Waals surface area contributed by atoms with Crippen LogP contribution >= 0.6 is 0 Å². The fraction of sp³-hybridized carbons (Fsp3) is 0.750. The number of ether oxygens (including phenoxy) is 1. The Bertz CT molecular complexity index is 1220. The molecule has 0 aromatic carbocycles. The first-order valence-corrected chi connectivity index (χ1v) is 14.2. The smallest absolute Gasteiger partial charge is 0.312 e. The van der Waals surface area contributed by atoms with E-state index in [2.05, 4.69) is 40.7 Å². The van der Waals surface area contributed by atoms with Gasteiger partial charge in [0.05, 0.1) is 30.1 Å². The van der Waals surface area contributed by atoms with E-state index in [-0.39, 0.29) is 63.7 Å². The van der Waals surface area contributed by atoms with E-state index in [0.29, 0.717) is 6.42 Å². The van der Waals surface area contributed by atoms with Crippen LogP contribution in [0.5, 0.6) is 0 Å². The van der Waals surface area contributed by atoms with Crippen LogP contribution in [-0.2, 0) is 19.1 Å². The average Bonchev–Trinajstić information content (AvgIpc) is 2.86. The van der Waals surface area contributed by atoms with Crippen molar-refractivity contribution >= 4 is 17.5 Å². The van der Waals surface area contributed by atoms with E-state index in [4.69, 9.17) is 4.74 Å². The lowest BCUT2D eigenvalue weighted by Crippen LogP contribution is -2.66. The molecule has 3 fully saturated rings. The van der Waals surface area contributed by atoms with E-state index in [1.807, 2.05) is 6.08 Å². The molecule has 1 N–H and O–H groups in total. The summed E-state index contributed by atoms with van der Waals surface area (Å²) in [4.78, 5) is 41.0. The lowest BCUT2D eigenvalue weighted by atomic mass is 9.34. The fourth-order valence-electron chi connectivity index (χ4n) is 10.2. The quantitative estimate of drug-likeness (QED) is 0.491. The monoisotopic (exact) mass is 521 g/mol. The van der Waals surface area contributed by atoms with E-state index in [1.165, 1.54) is 7.11 Å². The number of nitriles is 1. The molecule has 6 nitrogen and oxygen atoms in total. The molecule has 6 heteroatoms. The number of Topliss-reactive ketones (excluding diaryl/α,β-unsaturated/α-hetero) is 1. The number of fused-ring (bicyclic) bond motifs is 7. The highest BCUT2D eigenvalue weighted by Gasteiger charge is 2.71. The van der Waals surface area contributed by atoms with Crippen LogP contribution in [0.3, 0.4) is 0 Å². The normalized spacial score (nSPS) is 47.3. The van der Waals surface area contributed by atoms with E-state index >= 15 is 0 Å². The minimum atomic E-state index is -1.07. The summed E-state index contributed by atoms with van der Waals surface area (Å²) >= 11 is 0. The second-order valence-electron chi connectivity index (χ2n) is 14.8. The van der Waals surface area contributed by atoms with Gasteiger partial charge >= 0.3 is 5.97 Å². The molecule has 0 aliphatic heterocycles. The second-order valence-corrected chi connectivity index (χ2v) is 14.8. The molecule has 0 aromatic rings. The molecule has 0 spiro atoms. The summed E-state index contributed by atoms with van der Waals surface area (Å²) < 4.78 is 5.39. The number of nitrogens with zero attached hydrogens (tertiary/aromatic N) is 1. The maximum absolute atomic E-state index is 14.4. The van der Waals surface area contributed by atoms with Crippen molar-refractivity contribution in [2.24, 2.45) is 50.2 Å². The van der Waals surface area contributed by atoms with Crippen molar-refractivity contribution in [3.8, 4) is 6.07 Å². The van der Waals surface area contributed by atoms with Gasteiger partial charge in [-0.3, -0.25) is 14.4 Å². The third-order valence-electron chi connectivity index (χ3n) is 12.6. The van der Waals surface area contributed by atoms with Crippen LogP contribution < -0.4 is 0 Å². The largest absolute Gasteiger partial charge is 0.469 e. The number of ketones is 2. The minimum absolute atomic E-state index is 0.0341. The van der Waals surface area contributed by atoms with Gasteiger partial charge in [-0.15, -0.1) is 0 Å². The molecule has 206 valence electrons. The molecule has 5 aliphatic rings. The lowest BCUT2D eigenvalue weighted by Gasteiger charge is -2.68. The van der Waals surface area contributed by atoms with Gasteiger partial charge in [0, 0.05) is 11.3 Å². The Kier molecular flexibility index (Phi) is 5.84. The maximum Gasteiger partial charge on any atom is 0.312 e. The van der Waals surface area contributed by atoms with Crippen molar-refractivity contribution in [2.75, 3.05) is 13.7 Å². The first kappa shape index (κ1) is 27.3. The molecule has 0 radical (unpaired) electrons. The molecule has 0 aromatic heterocycles. The SMILES string of the molecule is COC(=O)C12CCC(C)(C)CC1C1C(=O)C=C3C4(C)C=C(C#N)C(=O)C(C)(CO)C4CCC3(C)C1(C)CC2. The lowest BCUT2D eigenvalue weighted by molar-refractivity contribution is -0.191. The number of hydrogen-bond donors (Lipinski definition) is 1. The van der Waals surface area contributed by atoms with Crippen molar-refractivity contribution in [3.63, 3.8) is 0 Å². The number of allylic oxidation sites excluding steroid dienone is 4. The van der Waals surface area contributed by atoms with Crippen LogP contribution in [0, 0.1) is 61.6 Å². The molecule has 8 unspecified atom stereocenters. The van der Waals surface area contributed by atoms with Gasteiger partial charge in [-0.1, -0.05) is 46.3 Å². The maximum atomic E-state index is 14.4. The van der Waals surface area contributed by atoms with Crippen molar-refractivity contribution in [2.45, 2.75) is 86.5 Å². The molecule has 5 aliphatic carbocycles. The Hall–Kier alpha value is -2.26. The number of esters is 1. The fourth-order valence-corrected chi connectivity index (χ4v) is 10.2. The molecule has 0 heterocycles. The van der Waals surface area contributed by atoms with Gasteiger partial charge in [-0.2, -0.15) is 5.26 Å². The van der Waals surface area contributed by atoms with Gasteiger partial charge in [0.25, 0.3) is 0 Å². The number of carbonyl (C=O) groups excluding carboxylic acids is 3. The molecular formula is C32H43NO5. The summed E-state index contributed by atoms with van der Waals surface area (Å²) in [5, 5.41) is 20.3. The number of carbonyl (C=O) groups is 3. The number of methoxy groups -OCH3 is 1. The van der Waals surface area contributed by atoms with Crippen LogP contribution in [0.25, 0.3) is 0 Å². The topological polar surface area (TPSA) is 104 Å². The Labute approximate surface area is 226 Å². The van der Waals surface area contributed by atoms with Gasteiger partial charge < -0.3 is 9.84 Å². The summed E-state index contributed by atoms with van der Waals surface area (Å²) in [6.45, 7) is 12.5. The Balaban J connectivity index is 1.71. The highest BCUT2D eigenvalue weighted by molar-refractivity contribution is 6.05. The zero-order valence-electron chi connectivity index (χ0n) is 24.1. The molecule has 0 amide bonds. The Morgan fingerprint density at radius 1 is 1.08 bits per heavy atom. The molecular weight excluding hydrogens is 478 g/mol. The van der Waals surface area contributed by atoms with Gasteiger partial charge in [0.1, 0.15) is 6.07 Å². The molecule has 3 saturated carbocycles. The van der Waals surface area contributed by atoms with Crippen LogP contribution in [0.2, 0.25) is 0 Å². The van der Waals surface area contributed by atoms with E-state index in [0.717, 1.165) is 44.1 Å². The number of aliphatic hydroxyl groups is 1. The predicted octanol–water partition coefficient (Wildman–Crippen LogP) is 5.35. The van der Waals surface area contributed by atoms with Gasteiger partial charge in [-0.25, -0.2) is 0 Å². The van der Waals surface area contributed by atoms with Crippen molar-refractivity contribution in [1.82, 2.24) is 0 Å². The van der Waals surface area contributed by atoms with E-state index in [9.17, 15) is 24.8 Å². The van der Waals surface area contributed by atoms with Gasteiger partial charge in [0.15, 0.2) is 11.6 Å². The Morgan fingerprint density at radius 2 is 1.74 bits per heavy atom. The standard InChI is InChI=1S/C32H43NO5/c1-27(2)10-12-32(26(37)38-7)13-11-31(6)24(20(32)16-27)21(35)14-23-28(3)15-19(17-33)25(36)29(4,18-34)22(28)8-9-30(23,31)5/h14-15,20,22,24,34H,8-13,16,18H2,1-7H3. The second kappa shape index (κ2) is 8.13. The van der Waals surface area contributed by atoms with Crippen LogP contribution in [0.1, 0.15) is 86.5 Å². The predicted molar refractivity (Wildman–Crippen MR) is 142 cm³/mol. The first-order valence-electron chi connectivity index (χ1n) is 14.2. The summed E-state index contributed by atoms with van der Waals surface area (Å²) in [5.41, 5.74) is -2.03. The third-order valence-corrected chi connectivity index (χ3v) is 12.6. The van der Waals surface area contributed by atoms with Gasteiger partial charge in [-0.05, 0) is 86.0 Å². The number of aliphatic hydroxyl groups excluding tert-OH is 1. The summed E-state index contributed by atoms with van der Waals surface area (Å²) in [6, 6.07) is 2.09. The zero-order chi connectivity index (χ0) is 28.1. The summed E-state index contributed by atoms with van der Waals surface area (Å²) in [6.07, 6.45) is 9.07. The van der Waals surface area contributed by atoms with E-state index in [1.54, 1.807) is 13.0 Å². The highest BCUT2D eigenvalue weighted by atomic mass is 16.5. The highest BCUT2D eigenvalue weighted by Crippen LogP contribution is 2.74. The Morgan fingerprint density at radius 3 is 2.34 bits per heavy atom. The molecule has 5 rings (SSSR count). The third kappa shape index (κ3) is 3.12. The summed E-state index contributed by atoms with van der Waals surface area (Å²) in [7, 11) is 1.47. The van der Waals surface area contributed by atoms with Crippen LogP contribution in [-0.4, -0.2) is 36.4 Å². The number of hydrogen-bond acceptors (Lipinski definition) is 6. The van der Waals surface area contributed by atoms with Crippen LogP contribution in [0.15, 0.2) is 23.3 Å². The number of rotatable bonds is 2. The summed E-state index contributed by atoms with van der Waals surface area (Å²) in [5.74, 6) is -1.00. The molecule has 0 bridgehead atoms. The van der Waals surface area contributed by atoms with Gasteiger partial charge in [0.2, 0.25) is 0 Å². The first-order chi connectivity index (χ1) is 17.6.